The third-order valence-corrected chi connectivity index (χ3v) is 3.29. The van der Waals surface area contributed by atoms with Gasteiger partial charge in [-0.3, -0.25) is 4.90 Å². The van der Waals surface area contributed by atoms with E-state index in [1.165, 1.54) is 4.90 Å². The molecule has 0 atom stereocenters. The van der Waals surface area contributed by atoms with Gasteiger partial charge in [-0.2, -0.15) is 0 Å². The van der Waals surface area contributed by atoms with E-state index >= 15 is 0 Å². The Morgan fingerprint density at radius 2 is 1.73 bits per heavy atom. The molecule has 2 rings (SSSR count). The quantitative estimate of drug-likeness (QED) is 0.689. The first kappa shape index (κ1) is 10.7. The molecule has 0 radical (unpaired) electrons. The van der Waals surface area contributed by atoms with Crippen LogP contribution in [0.2, 0.25) is 0 Å². The molecule has 0 bridgehead atoms. The lowest BCUT2D eigenvalue weighted by molar-refractivity contribution is 0.0152. The van der Waals surface area contributed by atoms with E-state index in [-0.39, 0.29) is 0 Å². The van der Waals surface area contributed by atoms with Gasteiger partial charge in [0.1, 0.15) is 0 Å². The van der Waals surface area contributed by atoms with Crippen molar-refractivity contribution in [3.63, 3.8) is 0 Å². The number of carboxylic acid groups (broad SMARTS) is 1. The molecular formula is C10H18N2O3. The molecule has 5 nitrogen and oxygen atoms in total. The highest BCUT2D eigenvalue weighted by Crippen LogP contribution is 2.16. The second kappa shape index (κ2) is 4.81. The van der Waals surface area contributed by atoms with Crippen LogP contribution in [0.5, 0.6) is 0 Å². The van der Waals surface area contributed by atoms with Gasteiger partial charge in [0.15, 0.2) is 0 Å². The molecule has 0 unspecified atom stereocenters. The zero-order valence-corrected chi connectivity index (χ0v) is 8.89. The van der Waals surface area contributed by atoms with E-state index in [2.05, 4.69) is 4.90 Å². The van der Waals surface area contributed by atoms with Crippen LogP contribution in [0.4, 0.5) is 4.79 Å². The number of amides is 1. The molecule has 0 aromatic carbocycles. The van der Waals surface area contributed by atoms with Gasteiger partial charge in [0.05, 0.1) is 0 Å². The largest absolute Gasteiger partial charge is 0.465 e. The van der Waals surface area contributed by atoms with Crippen molar-refractivity contribution < 1.29 is 14.6 Å². The predicted octanol–water partition coefficient (Wildman–Crippen LogP) is 0.461. The first-order valence-electron chi connectivity index (χ1n) is 5.57. The van der Waals surface area contributed by atoms with Crippen LogP contribution in [0.25, 0.3) is 0 Å². The highest BCUT2D eigenvalue weighted by atomic mass is 16.5. The van der Waals surface area contributed by atoms with Crippen LogP contribution >= 0.6 is 0 Å². The van der Waals surface area contributed by atoms with Gasteiger partial charge < -0.3 is 14.7 Å². The van der Waals surface area contributed by atoms with Crippen LogP contribution in [0.15, 0.2) is 0 Å². The van der Waals surface area contributed by atoms with Crippen molar-refractivity contribution in [1.82, 2.24) is 9.80 Å². The van der Waals surface area contributed by atoms with Crippen LogP contribution < -0.4 is 0 Å². The van der Waals surface area contributed by atoms with E-state index in [9.17, 15) is 4.79 Å². The lowest BCUT2D eigenvalue weighted by atomic mass is 10.1. The van der Waals surface area contributed by atoms with E-state index in [4.69, 9.17) is 9.84 Å². The van der Waals surface area contributed by atoms with Gasteiger partial charge in [-0.05, 0) is 12.8 Å². The summed E-state index contributed by atoms with van der Waals surface area (Å²) in [6.07, 6.45) is 1.39. The maximum Gasteiger partial charge on any atom is 0.407 e. The molecule has 0 aromatic rings. The number of piperazine rings is 1. The minimum Gasteiger partial charge on any atom is -0.465 e. The zero-order chi connectivity index (χ0) is 10.7. The molecule has 1 N–H and O–H groups in total. The smallest absolute Gasteiger partial charge is 0.407 e. The van der Waals surface area contributed by atoms with Gasteiger partial charge >= 0.3 is 6.09 Å². The lowest BCUT2D eigenvalue weighted by Crippen LogP contribution is -2.52. The topological polar surface area (TPSA) is 53.0 Å². The molecule has 5 heteroatoms. The Morgan fingerprint density at radius 3 is 2.27 bits per heavy atom. The van der Waals surface area contributed by atoms with E-state index < -0.39 is 6.09 Å². The fraction of sp³-hybridized carbons (Fsp3) is 0.900. The summed E-state index contributed by atoms with van der Waals surface area (Å²) < 4.78 is 5.32. The summed E-state index contributed by atoms with van der Waals surface area (Å²) >= 11 is 0. The van der Waals surface area contributed by atoms with Crippen LogP contribution in [-0.2, 0) is 4.74 Å². The fourth-order valence-corrected chi connectivity index (χ4v) is 2.33. The molecule has 2 aliphatic heterocycles. The molecule has 2 saturated heterocycles. The Balaban J connectivity index is 1.79. The van der Waals surface area contributed by atoms with Gasteiger partial charge in [-0.15, -0.1) is 0 Å². The normalized spacial score (nSPS) is 25.5. The van der Waals surface area contributed by atoms with Crippen molar-refractivity contribution in [3.05, 3.63) is 0 Å². The molecule has 2 fully saturated rings. The number of nitrogens with zero attached hydrogens (tertiary/aromatic N) is 2. The molecule has 0 saturated carbocycles. The molecule has 0 aromatic heterocycles. The number of hydrogen-bond acceptors (Lipinski definition) is 3. The Labute approximate surface area is 89.6 Å². The van der Waals surface area contributed by atoms with Crippen molar-refractivity contribution in [3.8, 4) is 0 Å². The third-order valence-electron chi connectivity index (χ3n) is 3.29. The maximum atomic E-state index is 10.7. The number of rotatable bonds is 1. The molecule has 15 heavy (non-hydrogen) atoms. The Hall–Kier alpha value is -0.810. The first-order valence-corrected chi connectivity index (χ1v) is 5.57. The van der Waals surface area contributed by atoms with Gasteiger partial charge in [0.25, 0.3) is 0 Å². The van der Waals surface area contributed by atoms with Crippen molar-refractivity contribution in [2.45, 2.75) is 18.9 Å². The second-order valence-electron chi connectivity index (χ2n) is 4.15. The summed E-state index contributed by atoms with van der Waals surface area (Å²) in [5.74, 6) is 0. The standard InChI is InChI=1S/C10H18N2O3/c13-10(14)12-5-3-11(4-6-12)9-1-7-15-8-2-9/h9H,1-8H2,(H,13,14). The summed E-state index contributed by atoms with van der Waals surface area (Å²) in [5.41, 5.74) is 0. The summed E-state index contributed by atoms with van der Waals surface area (Å²) in [5, 5.41) is 8.82. The van der Waals surface area contributed by atoms with Crippen molar-refractivity contribution in [2.75, 3.05) is 39.4 Å². The number of ether oxygens (including phenoxy) is 1. The molecular weight excluding hydrogens is 196 g/mol. The van der Waals surface area contributed by atoms with Gasteiger partial charge in [0.2, 0.25) is 0 Å². The summed E-state index contributed by atoms with van der Waals surface area (Å²) in [6, 6.07) is 0.606. The van der Waals surface area contributed by atoms with Crippen LogP contribution in [0, 0.1) is 0 Å². The van der Waals surface area contributed by atoms with Gasteiger partial charge in [-0.1, -0.05) is 0 Å². The zero-order valence-electron chi connectivity index (χ0n) is 8.89. The average molecular weight is 214 g/mol. The molecule has 1 amide bonds. The Kier molecular flexibility index (Phi) is 3.43. The van der Waals surface area contributed by atoms with Gasteiger partial charge in [-0.25, -0.2) is 4.79 Å². The van der Waals surface area contributed by atoms with Crippen molar-refractivity contribution >= 4 is 6.09 Å². The predicted molar refractivity (Wildman–Crippen MR) is 55.0 cm³/mol. The van der Waals surface area contributed by atoms with Gasteiger partial charge in [0, 0.05) is 45.4 Å². The Morgan fingerprint density at radius 1 is 1.13 bits per heavy atom. The first-order chi connectivity index (χ1) is 7.27. The van der Waals surface area contributed by atoms with Crippen LogP contribution in [0.3, 0.4) is 0 Å². The van der Waals surface area contributed by atoms with E-state index in [0.29, 0.717) is 19.1 Å². The molecule has 2 heterocycles. The summed E-state index contributed by atoms with van der Waals surface area (Å²) in [7, 11) is 0. The number of hydrogen-bond donors (Lipinski definition) is 1. The van der Waals surface area contributed by atoms with Crippen LogP contribution in [-0.4, -0.2) is 66.4 Å². The van der Waals surface area contributed by atoms with E-state index in [1.807, 2.05) is 0 Å². The minimum atomic E-state index is -0.790. The SMILES string of the molecule is O=C(O)N1CCN(C2CCOCC2)CC1. The fourth-order valence-electron chi connectivity index (χ4n) is 2.33. The second-order valence-corrected chi connectivity index (χ2v) is 4.15. The summed E-state index contributed by atoms with van der Waals surface area (Å²) in [6.45, 7) is 4.74. The highest BCUT2D eigenvalue weighted by molar-refractivity contribution is 5.65. The highest BCUT2D eigenvalue weighted by Gasteiger charge is 2.26. The molecule has 0 aliphatic carbocycles. The molecule has 86 valence electrons. The minimum absolute atomic E-state index is 0.606. The maximum absolute atomic E-state index is 10.7. The van der Waals surface area contributed by atoms with E-state index in [1.54, 1.807) is 0 Å². The van der Waals surface area contributed by atoms with E-state index in [0.717, 1.165) is 39.1 Å². The molecule has 2 aliphatic rings. The lowest BCUT2D eigenvalue weighted by Gasteiger charge is -2.39. The third kappa shape index (κ3) is 2.60. The van der Waals surface area contributed by atoms with Crippen LogP contribution in [0.1, 0.15) is 12.8 Å². The number of carbonyl (C=O) groups is 1. The summed E-state index contributed by atoms with van der Waals surface area (Å²) in [4.78, 5) is 14.6. The average Bonchev–Trinajstić information content (AvgIpc) is 2.30. The van der Waals surface area contributed by atoms with Crippen molar-refractivity contribution in [2.24, 2.45) is 0 Å². The van der Waals surface area contributed by atoms with Crippen molar-refractivity contribution in [1.29, 1.82) is 0 Å². The monoisotopic (exact) mass is 214 g/mol. The Bertz CT molecular complexity index is 221. The molecule has 0 spiro atoms.